The number of nitrogens with one attached hydrogen (secondary N) is 1. The minimum absolute atomic E-state index is 0.0345. The maximum atomic E-state index is 12.4. The van der Waals surface area contributed by atoms with Crippen LogP contribution in [0.2, 0.25) is 0 Å². The standard InChI is InChI=1S/C16H18BrN5O2/c1-21-16(24)14(17)13(10-19-21)20-12-4-8-22(9-5-12)15(23)11-2-6-18-7-3-11/h2-3,6-7,10,12,20H,4-5,8-9H2,1H3. The van der Waals surface area contributed by atoms with Crippen LogP contribution in [0.4, 0.5) is 5.69 Å². The van der Waals surface area contributed by atoms with Gasteiger partial charge in [0.15, 0.2) is 0 Å². The lowest BCUT2D eigenvalue weighted by Gasteiger charge is -2.33. The summed E-state index contributed by atoms with van der Waals surface area (Å²) < 4.78 is 1.76. The van der Waals surface area contributed by atoms with Crippen LogP contribution in [0.15, 0.2) is 40.0 Å². The summed E-state index contributed by atoms with van der Waals surface area (Å²) in [5, 5.41) is 7.37. The highest BCUT2D eigenvalue weighted by atomic mass is 79.9. The summed E-state index contributed by atoms with van der Waals surface area (Å²) in [7, 11) is 1.61. The van der Waals surface area contributed by atoms with E-state index in [0.29, 0.717) is 28.8 Å². The van der Waals surface area contributed by atoms with E-state index in [-0.39, 0.29) is 17.5 Å². The Labute approximate surface area is 147 Å². The average molecular weight is 392 g/mol. The number of amides is 1. The molecule has 0 bridgehead atoms. The quantitative estimate of drug-likeness (QED) is 0.860. The molecule has 0 saturated carbocycles. The van der Waals surface area contributed by atoms with Gasteiger partial charge in [-0.1, -0.05) is 0 Å². The van der Waals surface area contributed by atoms with Gasteiger partial charge in [0.1, 0.15) is 4.47 Å². The van der Waals surface area contributed by atoms with E-state index in [0.717, 1.165) is 12.8 Å². The highest BCUT2D eigenvalue weighted by molar-refractivity contribution is 9.10. The molecule has 1 fully saturated rings. The van der Waals surface area contributed by atoms with Crippen molar-refractivity contribution in [1.29, 1.82) is 0 Å². The number of rotatable bonds is 3. The van der Waals surface area contributed by atoms with Gasteiger partial charge in [-0.05, 0) is 40.9 Å². The van der Waals surface area contributed by atoms with E-state index < -0.39 is 0 Å². The van der Waals surface area contributed by atoms with E-state index in [4.69, 9.17) is 0 Å². The maximum Gasteiger partial charge on any atom is 0.282 e. The second-order valence-electron chi connectivity index (χ2n) is 5.75. The molecule has 126 valence electrons. The average Bonchev–Trinajstić information content (AvgIpc) is 2.63. The zero-order chi connectivity index (χ0) is 17.1. The van der Waals surface area contributed by atoms with Gasteiger partial charge in [-0.15, -0.1) is 0 Å². The number of piperidine rings is 1. The summed E-state index contributed by atoms with van der Waals surface area (Å²) in [6, 6.07) is 3.67. The maximum absolute atomic E-state index is 12.4. The van der Waals surface area contributed by atoms with Crippen LogP contribution in [-0.2, 0) is 7.05 Å². The molecule has 8 heteroatoms. The highest BCUT2D eigenvalue weighted by Crippen LogP contribution is 2.21. The number of aryl methyl sites for hydroxylation is 1. The zero-order valence-electron chi connectivity index (χ0n) is 13.3. The lowest BCUT2D eigenvalue weighted by molar-refractivity contribution is 0.0718. The van der Waals surface area contributed by atoms with Crippen LogP contribution in [0.25, 0.3) is 0 Å². The third-order valence-electron chi connectivity index (χ3n) is 4.15. The zero-order valence-corrected chi connectivity index (χ0v) is 14.9. The monoisotopic (exact) mass is 391 g/mol. The van der Waals surface area contributed by atoms with Gasteiger partial charge in [0.25, 0.3) is 11.5 Å². The molecule has 1 saturated heterocycles. The van der Waals surface area contributed by atoms with Crippen molar-refractivity contribution < 1.29 is 4.79 Å². The summed E-state index contributed by atoms with van der Waals surface area (Å²) in [6.07, 6.45) is 6.53. The first-order valence-electron chi connectivity index (χ1n) is 7.74. The van der Waals surface area contributed by atoms with E-state index in [9.17, 15) is 9.59 Å². The Kier molecular flexibility index (Phi) is 4.94. The molecule has 2 aromatic heterocycles. The lowest BCUT2D eigenvalue weighted by atomic mass is 10.0. The number of aromatic nitrogens is 3. The van der Waals surface area contributed by atoms with Crippen LogP contribution >= 0.6 is 15.9 Å². The van der Waals surface area contributed by atoms with Crippen molar-refractivity contribution >= 4 is 27.5 Å². The summed E-state index contributed by atoms with van der Waals surface area (Å²) in [5.74, 6) is 0.0345. The van der Waals surface area contributed by atoms with Gasteiger partial charge < -0.3 is 10.2 Å². The van der Waals surface area contributed by atoms with Crippen LogP contribution in [0.5, 0.6) is 0 Å². The minimum atomic E-state index is -0.176. The third kappa shape index (κ3) is 3.48. The Balaban J connectivity index is 1.61. The van der Waals surface area contributed by atoms with Gasteiger partial charge in [0.2, 0.25) is 0 Å². The molecule has 3 heterocycles. The number of likely N-dealkylation sites (tertiary alicyclic amines) is 1. The van der Waals surface area contributed by atoms with Gasteiger partial charge in [0.05, 0.1) is 11.9 Å². The van der Waals surface area contributed by atoms with Gasteiger partial charge in [-0.25, -0.2) is 4.68 Å². The molecular formula is C16H18BrN5O2. The fourth-order valence-corrected chi connectivity index (χ4v) is 3.21. The van der Waals surface area contributed by atoms with Crippen molar-refractivity contribution in [2.45, 2.75) is 18.9 Å². The van der Waals surface area contributed by atoms with E-state index in [1.54, 1.807) is 37.8 Å². The Morgan fingerprint density at radius 3 is 2.62 bits per heavy atom. The first kappa shape index (κ1) is 16.6. The fourth-order valence-electron chi connectivity index (χ4n) is 2.74. The second kappa shape index (κ2) is 7.12. The molecule has 0 atom stereocenters. The van der Waals surface area contributed by atoms with E-state index in [2.05, 4.69) is 31.3 Å². The van der Waals surface area contributed by atoms with Crippen LogP contribution in [0.3, 0.4) is 0 Å². The molecule has 0 radical (unpaired) electrons. The number of anilines is 1. The normalized spacial score (nSPS) is 15.3. The molecule has 0 aromatic carbocycles. The molecule has 1 amide bonds. The van der Waals surface area contributed by atoms with Crippen LogP contribution < -0.4 is 10.9 Å². The number of carbonyl (C=O) groups is 1. The van der Waals surface area contributed by atoms with Crippen molar-refractivity contribution in [3.63, 3.8) is 0 Å². The summed E-state index contributed by atoms with van der Waals surface area (Å²) in [6.45, 7) is 1.35. The number of hydrogen-bond donors (Lipinski definition) is 1. The molecule has 0 aliphatic carbocycles. The highest BCUT2D eigenvalue weighted by Gasteiger charge is 2.24. The van der Waals surface area contributed by atoms with Crippen molar-refractivity contribution in [3.8, 4) is 0 Å². The van der Waals surface area contributed by atoms with Gasteiger partial charge in [-0.2, -0.15) is 5.10 Å². The van der Waals surface area contributed by atoms with Gasteiger partial charge in [-0.3, -0.25) is 14.6 Å². The predicted octanol–water partition coefficient (Wildman–Crippen LogP) is 1.65. The number of nitrogens with zero attached hydrogens (tertiary/aromatic N) is 4. The van der Waals surface area contributed by atoms with E-state index in [1.165, 1.54) is 4.68 Å². The molecule has 7 nitrogen and oxygen atoms in total. The predicted molar refractivity (Wildman–Crippen MR) is 94.0 cm³/mol. The molecule has 24 heavy (non-hydrogen) atoms. The second-order valence-corrected chi connectivity index (χ2v) is 6.54. The fraction of sp³-hybridized carbons (Fsp3) is 0.375. The van der Waals surface area contributed by atoms with E-state index in [1.807, 2.05) is 4.90 Å². The molecule has 1 aliphatic rings. The molecule has 0 unspecified atom stereocenters. The Hall–Kier alpha value is -2.22. The topological polar surface area (TPSA) is 80.1 Å². The molecule has 1 aliphatic heterocycles. The molecule has 3 rings (SSSR count). The van der Waals surface area contributed by atoms with Crippen LogP contribution in [0.1, 0.15) is 23.2 Å². The molecular weight excluding hydrogens is 374 g/mol. The largest absolute Gasteiger partial charge is 0.380 e. The Morgan fingerprint density at radius 1 is 1.29 bits per heavy atom. The third-order valence-corrected chi connectivity index (χ3v) is 4.91. The van der Waals surface area contributed by atoms with Crippen molar-refractivity contribution in [2.75, 3.05) is 18.4 Å². The van der Waals surface area contributed by atoms with Crippen molar-refractivity contribution in [3.05, 3.63) is 51.1 Å². The molecule has 0 spiro atoms. The van der Waals surface area contributed by atoms with Crippen molar-refractivity contribution in [1.82, 2.24) is 19.7 Å². The molecule has 1 N–H and O–H groups in total. The number of carbonyl (C=O) groups excluding carboxylic acids is 1. The minimum Gasteiger partial charge on any atom is -0.380 e. The number of pyridine rings is 1. The Bertz CT molecular complexity index is 785. The Morgan fingerprint density at radius 2 is 1.96 bits per heavy atom. The summed E-state index contributed by atoms with van der Waals surface area (Å²) in [5.41, 5.74) is 1.18. The van der Waals surface area contributed by atoms with Crippen molar-refractivity contribution in [2.24, 2.45) is 7.05 Å². The summed E-state index contributed by atoms with van der Waals surface area (Å²) >= 11 is 3.32. The first-order valence-corrected chi connectivity index (χ1v) is 8.53. The van der Waals surface area contributed by atoms with Gasteiger partial charge in [0, 0.05) is 44.1 Å². The van der Waals surface area contributed by atoms with E-state index >= 15 is 0 Å². The summed E-state index contributed by atoms with van der Waals surface area (Å²) in [4.78, 5) is 30.1. The lowest BCUT2D eigenvalue weighted by Crippen LogP contribution is -2.42. The van der Waals surface area contributed by atoms with Crippen LogP contribution in [-0.4, -0.2) is 44.7 Å². The number of hydrogen-bond acceptors (Lipinski definition) is 5. The molecule has 2 aromatic rings. The number of halogens is 1. The SMILES string of the molecule is Cn1ncc(NC2CCN(C(=O)c3ccncc3)CC2)c(Br)c1=O. The first-order chi connectivity index (χ1) is 11.6. The van der Waals surface area contributed by atoms with Gasteiger partial charge >= 0.3 is 0 Å². The smallest absolute Gasteiger partial charge is 0.282 e. The van der Waals surface area contributed by atoms with Crippen LogP contribution in [0, 0.1) is 0 Å².